The fourth-order valence-electron chi connectivity index (χ4n) is 2.21. The number of hydrogen-bond acceptors (Lipinski definition) is 3. The molecule has 2 N–H and O–H groups in total. The number of halogens is 4. The van der Waals surface area contributed by atoms with E-state index >= 15 is 0 Å². The Bertz CT molecular complexity index is 822. The number of alkyl halides is 3. The van der Waals surface area contributed by atoms with E-state index in [1.54, 1.807) is 24.3 Å². The minimum atomic E-state index is -4.55. The average Bonchev–Trinajstić information content (AvgIpc) is 2.55. The SMILES string of the molecule is CC(=O)c1cccc(NC(=O)CCNc2ccc(Cl)c(C(F)(F)F)c2)c1. The Balaban J connectivity index is 1.91. The molecule has 0 saturated heterocycles. The van der Waals surface area contributed by atoms with Crippen molar-refractivity contribution in [3.05, 3.63) is 58.6 Å². The van der Waals surface area contributed by atoms with E-state index in [2.05, 4.69) is 10.6 Å². The van der Waals surface area contributed by atoms with Crippen molar-refractivity contribution in [2.45, 2.75) is 19.5 Å². The number of hydrogen-bond donors (Lipinski definition) is 2. The zero-order valence-electron chi connectivity index (χ0n) is 13.8. The van der Waals surface area contributed by atoms with Crippen LogP contribution in [0.5, 0.6) is 0 Å². The van der Waals surface area contributed by atoms with E-state index in [1.165, 1.54) is 13.0 Å². The molecule has 4 nitrogen and oxygen atoms in total. The predicted octanol–water partition coefficient (Wildman–Crippen LogP) is 5.00. The van der Waals surface area contributed by atoms with Crippen LogP contribution in [0.25, 0.3) is 0 Å². The van der Waals surface area contributed by atoms with Gasteiger partial charge in [-0.2, -0.15) is 13.2 Å². The van der Waals surface area contributed by atoms with Crippen molar-refractivity contribution in [2.75, 3.05) is 17.2 Å². The number of Topliss-reactive ketones (excluding diaryl/α,β-unsaturated/α-hetero) is 1. The molecule has 0 aliphatic carbocycles. The number of ketones is 1. The Morgan fingerprint density at radius 1 is 1.08 bits per heavy atom. The quantitative estimate of drug-likeness (QED) is 0.689. The summed E-state index contributed by atoms with van der Waals surface area (Å²) in [6.45, 7) is 1.56. The molecule has 0 atom stereocenters. The number of benzene rings is 2. The van der Waals surface area contributed by atoms with Gasteiger partial charge in [0.2, 0.25) is 5.91 Å². The third-order valence-corrected chi connectivity index (χ3v) is 3.84. The highest BCUT2D eigenvalue weighted by molar-refractivity contribution is 6.31. The Kier molecular flexibility index (Phi) is 6.26. The van der Waals surface area contributed by atoms with Crippen LogP contribution in [-0.4, -0.2) is 18.2 Å². The van der Waals surface area contributed by atoms with Gasteiger partial charge in [0.25, 0.3) is 0 Å². The average molecular weight is 385 g/mol. The Morgan fingerprint density at radius 2 is 1.81 bits per heavy atom. The lowest BCUT2D eigenvalue weighted by Gasteiger charge is -2.12. The van der Waals surface area contributed by atoms with Crippen LogP contribution in [0, 0.1) is 0 Å². The molecule has 0 unspecified atom stereocenters. The van der Waals surface area contributed by atoms with Crippen molar-refractivity contribution in [3.8, 4) is 0 Å². The van der Waals surface area contributed by atoms with Crippen LogP contribution in [0.1, 0.15) is 29.3 Å². The number of amides is 1. The highest BCUT2D eigenvalue weighted by Crippen LogP contribution is 2.36. The highest BCUT2D eigenvalue weighted by Gasteiger charge is 2.33. The summed E-state index contributed by atoms with van der Waals surface area (Å²) < 4.78 is 38.4. The summed E-state index contributed by atoms with van der Waals surface area (Å²) in [5.74, 6) is -0.450. The lowest BCUT2D eigenvalue weighted by molar-refractivity contribution is -0.137. The summed E-state index contributed by atoms with van der Waals surface area (Å²) >= 11 is 5.55. The molecular formula is C18H16ClF3N2O2. The lowest BCUT2D eigenvalue weighted by atomic mass is 10.1. The molecule has 0 aromatic heterocycles. The van der Waals surface area contributed by atoms with Crippen LogP contribution in [-0.2, 0) is 11.0 Å². The largest absolute Gasteiger partial charge is 0.417 e. The number of rotatable bonds is 6. The van der Waals surface area contributed by atoms with Gasteiger partial charge in [0.1, 0.15) is 0 Å². The Labute approximate surface area is 153 Å². The van der Waals surface area contributed by atoms with Gasteiger partial charge in [0, 0.05) is 29.9 Å². The molecule has 0 fully saturated rings. The molecule has 1 amide bonds. The number of carbonyl (C=O) groups excluding carboxylic acids is 2. The van der Waals surface area contributed by atoms with Gasteiger partial charge >= 0.3 is 6.18 Å². The molecule has 8 heteroatoms. The maximum atomic E-state index is 12.8. The van der Waals surface area contributed by atoms with Crippen molar-refractivity contribution < 1.29 is 22.8 Å². The smallest absolute Gasteiger partial charge is 0.385 e. The molecule has 0 heterocycles. The first-order valence-corrected chi connectivity index (χ1v) is 8.06. The standard InChI is InChI=1S/C18H16ClF3N2O2/c1-11(25)12-3-2-4-14(9-12)24-17(26)7-8-23-13-5-6-16(19)15(10-13)18(20,21)22/h2-6,9-10,23H,7-8H2,1H3,(H,24,26). The molecule has 0 spiro atoms. The van der Waals surface area contributed by atoms with Crippen LogP contribution in [0.3, 0.4) is 0 Å². The van der Waals surface area contributed by atoms with E-state index in [9.17, 15) is 22.8 Å². The van der Waals surface area contributed by atoms with Gasteiger partial charge in [-0.05, 0) is 37.3 Å². The summed E-state index contributed by atoms with van der Waals surface area (Å²) in [6, 6.07) is 9.95. The summed E-state index contributed by atoms with van der Waals surface area (Å²) in [6.07, 6.45) is -4.51. The number of anilines is 2. The van der Waals surface area contributed by atoms with E-state index in [-0.39, 0.29) is 35.4 Å². The van der Waals surface area contributed by atoms with Gasteiger partial charge in [-0.1, -0.05) is 23.7 Å². The van der Waals surface area contributed by atoms with Gasteiger partial charge in [0.15, 0.2) is 5.78 Å². The molecule has 26 heavy (non-hydrogen) atoms. The zero-order chi connectivity index (χ0) is 19.3. The summed E-state index contributed by atoms with van der Waals surface area (Å²) in [7, 11) is 0. The first kappa shape index (κ1) is 19.8. The molecule has 0 aliphatic rings. The molecule has 0 saturated carbocycles. The Morgan fingerprint density at radius 3 is 2.46 bits per heavy atom. The molecule has 0 radical (unpaired) electrons. The number of carbonyl (C=O) groups is 2. The fraction of sp³-hybridized carbons (Fsp3) is 0.222. The van der Waals surface area contributed by atoms with Gasteiger partial charge in [-0.3, -0.25) is 9.59 Å². The van der Waals surface area contributed by atoms with E-state index in [4.69, 9.17) is 11.6 Å². The monoisotopic (exact) mass is 384 g/mol. The zero-order valence-corrected chi connectivity index (χ0v) is 14.5. The van der Waals surface area contributed by atoms with Crippen LogP contribution >= 0.6 is 11.6 Å². The fourth-order valence-corrected chi connectivity index (χ4v) is 2.44. The molecule has 2 aromatic rings. The van der Waals surface area contributed by atoms with Crippen LogP contribution in [0.4, 0.5) is 24.5 Å². The lowest BCUT2D eigenvalue weighted by Crippen LogP contribution is -2.16. The molecule has 2 rings (SSSR count). The summed E-state index contributed by atoms with van der Waals surface area (Å²) in [5, 5.41) is 5.01. The molecular weight excluding hydrogens is 369 g/mol. The van der Waals surface area contributed by atoms with Crippen LogP contribution in [0.2, 0.25) is 5.02 Å². The minimum Gasteiger partial charge on any atom is -0.385 e. The van der Waals surface area contributed by atoms with E-state index < -0.39 is 11.7 Å². The molecule has 2 aromatic carbocycles. The van der Waals surface area contributed by atoms with Gasteiger partial charge in [-0.25, -0.2) is 0 Å². The maximum Gasteiger partial charge on any atom is 0.417 e. The summed E-state index contributed by atoms with van der Waals surface area (Å²) in [5.41, 5.74) is 0.234. The van der Waals surface area contributed by atoms with Crippen LogP contribution < -0.4 is 10.6 Å². The van der Waals surface area contributed by atoms with Crippen molar-refractivity contribution in [1.29, 1.82) is 0 Å². The van der Waals surface area contributed by atoms with Gasteiger partial charge < -0.3 is 10.6 Å². The minimum absolute atomic E-state index is 0.0360. The van der Waals surface area contributed by atoms with E-state index in [1.807, 2.05) is 0 Å². The second-order valence-corrected chi connectivity index (χ2v) is 5.96. The molecule has 0 bridgehead atoms. The third kappa shape index (κ3) is 5.49. The van der Waals surface area contributed by atoms with Crippen molar-refractivity contribution in [1.82, 2.24) is 0 Å². The summed E-state index contributed by atoms with van der Waals surface area (Å²) in [4.78, 5) is 23.2. The van der Waals surface area contributed by atoms with E-state index in [0.717, 1.165) is 12.1 Å². The third-order valence-electron chi connectivity index (χ3n) is 3.51. The maximum absolute atomic E-state index is 12.8. The highest BCUT2D eigenvalue weighted by atomic mass is 35.5. The second-order valence-electron chi connectivity index (χ2n) is 5.55. The topological polar surface area (TPSA) is 58.2 Å². The van der Waals surface area contributed by atoms with Crippen LogP contribution in [0.15, 0.2) is 42.5 Å². The normalized spacial score (nSPS) is 11.1. The first-order valence-electron chi connectivity index (χ1n) is 7.68. The van der Waals surface area contributed by atoms with Gasteiger partial charge in [-0.15, -0.1) is 0 Å². The van der Waals surface area contributed by atoms with Gasteiger partial charge in [0.05, 0.1) is 10.6 Å². The first-order chi connectivity index (χ1) is 12.2. The van der Waals surface area contributed by atoms with E-state index in [0.29, 0.717) is 11.3 Å². The molecule has 0 aliphatic heterocycles. The Hall–Kier alpha value is -2.54. The second kappa shape index (κ2) is 8.23. The van der Waals surface area contributed by atoms with Crippen molar-refractivity contribution >= 4 is 34.7 Å². The van der Waals surface area contributed by atoms with Crippen molar-refractivity contribution in [3.63, 3.8) is 0 Å². The van der Waals surface area contributed by atoms with Crippen molar-refractivity contribution in [2.24, 2.45) is 0 Å². The predicted molar refractivity (Wildman–Crippen MR) is 94.6 cm³/mol. The molecule has 138 valence electrons. The number of nitrogens with one attached hydrogen (secondary N) is 2.